The molecule has 1 spiro atoms. The van der Waals surface area contributed by atoms with Gasteiger partial charge in [0.2, 0.25) is 0 Å². The Morgan fingerprint density at radius 2 is 2.21 bits per heavy atom. The van der Waals surface area contributed by atoms with Crippen molar-refractivity contribution in [2.75, 3.05) is 13.2 Å². The van der Waals surface area contributed by atoms with Gasteiger partial charge in [-0.2, -0.15) is 15.3 Å². The van der Waals surface area contributed by atoms with Crippen molar-refractivity contribution < 1.29 is 9.53 Å². The molecular weight excluding hydrogens is 416 g/mol. The zero-order valence-corrected chi connectivity index (χ0v) is 19.0. The van der Waals surface area contributed by atoms with E-state index in [0.29, 0.717) is 6.61 Å². The summed E-state index contributed by atoms with van der Waals surface area (Å²) in [5.41, 5.74) is 5.00. The lowest BCUT2D eigenvalue weighted by Gasteiger charge is -2.50. The van der Waals surface area contributed by atoms with E-state index < -0.39 is 5.41 Å². The van der Waals surface area contributed by atoms with Crippen LogP contribution in [0.4, 0.5) is 0 Å². The first-order valence-electron chi connectivity index (χ1n) is 11.7. The Hall–Kier alpha value is -3.26. The Labute approximate surface area is 192 Å². The second-order valence-corrected chi connectivity index (χ2v) is 9.46. The normalized spacial score (nSPS) is 30.5. The smallest absolute Gasteiger partial charge is 0.250 e. The number of rotatable bonds is 3. The molecule has 8 nitrogen and oxygen atoms in total. The van der Waals surface area contributed by atoms with E-state index >= 15 is 0 Å². The molecule has 33 heavy (non-hydrogen) atoms. The molecule has 0 radical (unpaired) electrons. The lowest BCUT2D eigenvalue weighted by atomic mass is 9.61. The molecule has 1 amide bonds. The number of ether oxygens (including phenoxy) is 1. The molecule has 4 aliphatic rings. The van der Waals surface area contributed by atoms with Crippen LogP contribution in [-0.4, -0.2) is 40.6 Å². The number of nitrogens with one attached hydrogen (secondary N) is 2. The monoisotopic (exact) mass is 444 g/mol. The highest BCUT2D eigenvalue weighted by atomic mass is 16.5. The molecule has 2 N–H and O–H groups in total. The fourth-order valence-electron chi connectivity index (χ4n) is 6.13. The molecule has 4 aliphatic heterocycles. The first-order chi connectivity index (χ1) is 16.1. The SMILES string of the molecule is CC[C@@]1(c2cccc(-c3ccnn3C)c2)C2=CN=NC2NC2=C1C(=O)N[C@@]1(CCCOC1)C2. The molecule has 170 valence electrons. The average molecular weight is 445 g/mol. The zero-order valence-electron chi connectivity index (χ0n) is 19.0. The molecule has 0 aliphatic carbocycles. The van der Waals surface area contributed by atoms with Crippen molar-refractivity contribution in [1.82, 2.24) is 20.4 Å². The predicted octanol–water partition coefficient (Wildman–Crippen LogP) is 3.34. The van der Waals surface area contributed by atoms with Crippen LogP contribution in [0.15, 0.2) is 69.8 Å². The van der Waals surface area contributed by atoms with Crippen molar-refractivity contribution >= 4 is 5.91 Å². The summed E-state index contributed by atoms with van der Waals surface area (Å²) in [6.45, 7) is 3.44. The third-order valence-electron chi connectivity index (χ3n) is 7.65. The van der Waals surface area contributed by atoms with Crippen molar-refractivity contribution in [3.63, 3.8) is 0 Å². The van der Waals surface area contributed by atoms with Crippen molar-refractivity contribution in [3.8, 4) is 11.3 Å². The van der Waals surface area contributed by atoms with Gasteiger partial charge in [-0.1, -0.05) is 25.1 Å². The van der Waals surface area contributed by atoms with Crippen LogP contribution < -0.4 is 10.6 Å². The Kier molecular flexibility index (Phi) is 4.55. The van der Waals surface area contributed by atoms with Gasteiger partial charge in [0.15, 0.2) is 6.17 Å². The van der Waals surface area contributed by atoms with E-state index in [-0.39, 0.29) is 17.6 Å². The van der Waals surface area contributed by atoms with Gasteiger partial charge in [0.1, 0.15) is 0 Å². The lowest BCUT2D eigenvalue weighted by Crippen LogP contribution is -2.62. The van der Waals surface area contributed by atoms with Crippen molar-refractivity contribution in [1.29, 1.82) is 0 Å². The fraction of sp³-hybridized carbons (Fsp3) is 0.440. The highest BCUT2D eigenvalue weighted by Crippen LogP contribution is 2.52. The molecule has 1 aromatic heterocycles. The zero-order chi connectivity index (χ0) is 22.6. The molecule has 1 unspecified atom stereocenters. The highest BCUT2D eigenvalue weighted by molar-refractivity contribution is 6.00. The molecule has 2 aromatic rings. The number of carbonyl (C=O) groups excluding carboxylic acids is 1. The van der Waals surface area contributed by atoms with E-state index in [4.69, 9.17) is 4.74 Å². The Morgan fingerprint density at radius 3 is 2.97 bits per heavy atom. The van der Waals surface area contributed by atoms with Gasteiger partial charge in [-0.15, -0.1) is 0 Å². The topological polar surface area (TPSA) is 92.9 Å². The summed E-state index contributed by atoms with van der Waals surface area (Å²) in [6.07, 6.45) is 6.70. The summed E-state index contributed by atoms with van der Waals surface area (Å²) in [6, 6.07) is 10.5. The van der Waals surface area contributed by atoms with Gasteiger partial charge in [0.25, 0.3) is 5.91 Å². The van der Waals surface area contributed by atoms with Gasteiger partial charge < -0.3 is 15.4 Å². The standard InChI is InChI=1S/C25H28N6O2/c1-3-25(17-7-4-6-16(12-17)20-8-10-27-31(20)2)18-14-26-30-22(18)28-19-13-24(9-5-11-33-15-24)29-23(32)21(19)25/h4,6-8,10,12,14,22,28H,3,5,9,11,13,15H2,1-2H3,(H,29,32)/t22?,24-,25+/m0/s1. The maximum absolute atomic E-state index is 13.8. The maximum atomic E-state index is 13.8. The van der Waals surface area contributed by atoms with E-state index in [9.17, 15) is 4.79 Å². The predicted molar refractivity (Wildman–Crippen MR) is 123 cm³/mol. The minimum atomic E-state index is -0.607. The van der Waals surface area contributed by atoms with E-state index in [1.165, 1.54) is 0 Å². The third-order valence-corrected chi connectivity index (χ3v) is 7.65. The maximum Gasteiger partial charge on any atom is 0.250 e. The molecule has 1 aromatic carbocycles. The third kappa shape index (κ3) is 2.93. The molecule has 8 heteroatoms. The number of hydrogen-bond donors (Lipinski definition) is 2. The molecule has 1 saturated heterocycles. The first kappa shape index (κ1) is 20.4. The number of azo groups is 1. The van der Waals surface area contributed by atoms with Gasteiger partial charge in [-0.05, 0) is 37.0 Å². The van der Waals surface area contributed by atoms with Gasteiger partial charge in [-0.25, -0.2) is 0 Å². The van der Waals surface area contributed by atoms with Crippen molar-refractivity contribution in [2.45, 2.75) is 49.7 Å². The molecular formula is C25H28N6O2. The highest BCUT2D eigenvalue weighted by Gasteiger charge is 2.54. The summed E-state index contributed by atoms with van der Waals surface area (Å²) in [5.74, 6) is -0.0201. The van der Waals surface area contributed by atoms with Gasteiger partial charge >= 0.3 is 0 Å². The van der Waals surface area contributed by atoms with E-state index in [2.05, 4.69) is 57.1 Å². The van der Waals surface area contributed by atoms with Crippen LogP contribution in [0, 0.1) is 0 Å². The van der Waals surface area contributed by atoms with E-state index in [1.807, 2.05) is 24.0 Å². The van der Waals surface area contributed by atoms with Gasteiger partial charge in [-0.3, -0.25) is 9.48 Å². The number of aryl methyl sites for hydroxylation is 1. The van der Waals surface area contributed by atoms with Gasteiger partial charge in [0, 0.05) is 43.1 Å². The molecule has 6 rings (SSSR count). The Bertz CT molecular complexity index is 1220. The number of nitrogens with zero attached hydrogens (tertiary/aromatic N) is 4. The number of benzene rings is 1. The molecule has 0 bridgehead atoms. The minimum Gasteiger partial charge on any atom is -0.379 e. The second-order valence-electron chi connectivity index (χ2n) is 9.46. The van der Waals surface area contributed by atoms with Crippen LogP contribution in [0.2, 0.25) is 0 Å². The Balaban J connectivity index is 1.53. The van der Waals surface area contributed by atoms with E-state index in [1.54, 1.807) is 6.20 Å². The Morgan fingerprint density at radius 1 is 1.30 bits per heavy atom. The van der Waals surface area contributed by atoms with Crippen LogP contribution in [0.25, 0.3) is 11.3 Å². The van der Waals surface area contributed by atoms with Crippen molar-refractivity contribution in [2.24, 2.45) is 17.3 Å². The summed E-state index contributed by atoms with van der Waals surface area (Å²) < 4.78 is 7.65. The summed E-state index contributed by atoms with van der Waals surface area (Å²) in [4.78, 5) is 13.8. The van der Waals surface area contributed by atoms with Crippen LogP contribution >= 0.6 is 0 Å². The summed E-state index contributed by atoms with van der Waals surface area (Å²) in [5, 5.41) is 20.0. The van der Waals surface area contributed by atoms with Crippen LogP contribution in [0.5, 0.6) is 0 Å². The number of hydrogen-bond acceptors (Lipinski definition) is 6. The molecule has 0 saturated carbocycles. The van der Waals surface area contributed by atoms with Crippen LogP contribution in [0.3, 0.4) is 0 Å². The summed E-state index contributed by atoms with van der Waals surface area (Å²) in [7, 11) is 1.94. The van der Waals surface area contributed by atoms with Crippen molar-refractivity contribution in [3.05, 3.63) is 65.1 Å². The number of carbonyl (C=O) groups is 1. The first-order valence-corrected chi connectivity index (χ1v) is 11.7. The lowest BCUT2D eigenvalue weighted by molar-refractivity contribution is -0.123. The second kappa shape index (κ2) is 7.38. The fourth-order valence-corrected chi connectivity index (χ4v) is 6.13. The largest absolute Gasteiger partial charge is 0.379 e. The van der Waals surface area contributed by atoms with Crippen LogP contribution in [0.1, 0.15) is 38.2 Å². The molecule has 1 fully saturated rings. The summed E-state index contributed by atoms with van der Waals surface area (Å²) >= 11 is 0. The van der Waals surface area contributed by atoms with Gasteiger partial charge in [0.05, 0.1) is 35.0 Å². The molecule has 3 atom stereocenters. The number of fused-ring (bicyclic) bond motifs is 1. The minimum absolute atomic E-state index is 0.0201. The van der Waals surface area contributed by atoms with Crippen LogP contribution in [-0.2, 0) is 22.0 Å². The molecule has 5 heterocycles. The average Bonchev–Trinajstić information content (AvgIpc) is 3.47. The van der Waals surface area contributed by atoms with E-state index in [0.717, 1.165) is 66.0 Å². The number of aromatic nitrogens is 2. The number of amides is 1. The quantitative estimate of drug-likeness (QED) is 0.759.